The van der Waals surface area contributed by atoms with Gasteiger partial charge in [-0.15, -0.1) is 20.4 Å². The molecule has 2 heterocycles. The van der Waals surface area contributed by atoms with Gasteiger partial charge in [0.2, 0.25) is 11.0 Å². The number of ether oxygens (including phenoxy) is 1. The highest BCUT2D eigenvalue weighted by Gasteiger charge is 2.23. The maximum atomic E-state index is 12.6. The number of rotatable bonds is 10. The second-order valence-electron chi connectivity index (χ2n) is 9.91. The predicted octanol–water partition coefficient (Wildman–Crippen LogP) is 6.75. The Morgan fingerprint density at radius 2 is 1.78 bits per heavy atom. The molecule has 1 unspecified atom stereocenters. The van der Waals surface area contributed by atoms with E-state index in [0.717, 1.165) is 29.4 Å². The van der Waals surface area contributed by atoms with E-state index in [2.05, 4.69) is 65.5 Å². The third kappa shape index (κ3) is 6.64. The number of thioether (sulfide) groups is 1. The molecule has 4 rings (SSSR count). The molecule has 36 heavy (non-hydrogen) atoms. The van der Waals surface area contributed by atoms with Crippen LogP contribution in [0.3, 0.4) is 0 Å². The van der Waals surface area contributed by atoms with Crippen molar-refractivity contribution in [3.05, 3.63) is 40.7 Å². The van der Waals surface area contributed by atoms with Crippen molar-refractivity contribution >= 4 is 34.1 Å². The lowest BCUT2D eigenvalue weighted by Gasteiger charge is -2.19. The number of nitrogens with zero attached hydrogens (tertiary/aromatic N) is 5. The van der Waals surface area contributed by atoms with Crippen LogP contribution in [-0.4, -0.2) is 36.6 Å². The van der Waals surface area contributed by atoms with Crippen LogP contribution in [0, 0.1) is 0 Å². The summed E-state index contributed by atoms with van der Waals surface area (Å²) < 4.78 is 8.21. The number of amides is 1. The van der Waals surface area contributed by atoms with Gasteiger partial charge in [-0.3, -0.25) is 10.1 Å². The third-order valence-corrected chi connectivity index (χ3v) is 8.35. The Bertz CT molecular complexity index is 1140. The standard InChI is InChI=1S/C26H36N6O2S2/c1-16(2)19-11-13-21(14-12-19)34-18(5)23-28-31-26(32(23)17(3)4)35-15-22(33)27-25-30-29-24(36-25)20-9-7-6-8-10-20/h11-14,16-18,20H,6-10,15H2,1-5H3,(H,27,30,33). The van der Waals surface area contributed by atoms with Crippen LogP contribution in [0.1, 0.15) is 107 Å². The predicted molar refractivity (Wildman–Crippen MR) is 145 cm³/mol. The van der Waals surface area contributed by atoms with Crippen LogP contribution in [0.2, 0.25) is 0 Å². The number of nitrogens with one attached hydrogen (secondary N) is 1. The highest BCUT2D eigenvalue weighted by Crippen LogP contribution is 2.35. The van der Waals surface area contributed by atoms with E-state index in [-0.39, 0.29) is 23.8 Å². The quantitative estimate of drug-likeness (QED) is 0.291. The van der Waals surface area contributed by atoms with Gasteiger partial charge >= 0.3 is 0 Å². The molecule has 194 valence electrons. The van der Waals surface area contributed by atoms with Crippen LogP contribution in [0.5, 0.6) is 5.75 Å². The Labute approximate surface area is 221 Å². The SMILES string of the molecule is CC(C)c1ccc(OC(C)c2nnc(SCC(=O)Nc3nnc(C4CCCCC4)s3)n2C(C)C)cc1. The van der Waals surface area contributed by atoms with Gasteiger partial charge in [-0.2, -0.15) is 0 Å². The topological polar surface area (TPSA) is 94.8 Å². The lowest BCUT2D eigenvalue weighted by molar-refractivity contribution is -0.113. The van der Waals surface area contributed by atoms with E-state index in [1.807, 2.05) is 23.6 Å². The smallest absolute Gasteiger partial charge is 0.236 e. The molecule has 0 saturated heterocycles. The van der Waals surface area contributed by atoms with E-state index >= 15 is 0 Å². The van der Waals surface area contributed by atoms with Crippen LogP contribution < -0.4 is 10.1 Å². The molecule has 3 aromatic rings. The van der Waals surface area contributed by atoms with Crippen LogP contribution in [0.25, 0.3) is 0 Å². The zero-order valence-corrected chi connectivity index (χ0v) is 23.4. The summed E-state index contributed by atoms with van der Waals surface area (Å²) in [6.45, 7) is 10.5. The first-order valence-electron chi connectivity index (χ1n) is 12.8. The Morgan fingerprint density at radius 3 is 2.44 bits per heavy atom. The molecule has 1 saturated carbocycles. The summed E-state index contributed by atoms with van der Waals surface area (Å²) in [7, 11) is 0. The van der Waals surface area contributed by atoms with Gasteiger partial charge in [0.05, 0.1) is 5.75 Å². The van der Waals surface area contributed by atoms with Crippen molar-refractivity contribution in [2.24, 2.45) is 0 Å². The number of aromatic nitrogens is 5. The van der Waals surface area contributed by atoms with Gasteiger partial charge in [-0.1, -0.05) is 68.3 Å². The molecule has 8 nitrogen and oxygen atoms in total. The second kappa shape index (κ2) is 12.2. The number of carbonyl (C=O) groups is 1. The first-order chi connectivity index (χ1) is 17.3. The van der Waals surface area contributed by atoms with Gasteiger partial charge in [0, 0.05) is 12.0 Å². The molecule has 0 bridgehead atoms. The van der Waals surface area contributed by atoms with Gasteiger partial charge in [-0.25, -0.2) is 0 Å². The molecule has 2 aromatic heterocycles. The second-order valence-corrected chi connectivity index (χ2v) is 11.9. The molecule has 0 spiro atoms. The first kappa shape index (κ1) is 26.6. The summed E-state index contributed by atoms with van der Waals surface area (Å²) >= 11 is 2.86. The zero-order chi connectivity index (χ0) is 25.7. The van der Waals surface area contributed by atoms with E-state index in [9.17, 15) is 4.79 Å². The lowest BCUT2D eigenvalue weighted by Crippen LogP contribution is -2.16. The number of anilines is 1. The summed E-state index contributed by atoms with van der Waals surface area (Å²) in [6, 6.07) is 8.30. The van der Waals surface area contributed by atoms with Gasteiger partial charge in [-0.05, 0) is 57.2 Å². The van der Waals surface area contributed by atoms with E-state index in [0.29, 0.717) is 22.1 Å². The molecule has 1 atom stereocenters. The molecule has 0 aliphatic heterocycles. The van der Waals surface area contributed by atoms with Gasteiger partial charge in [0.25, 0.3) is 0 Å². The molecule has 1 fully saturated rings. The largest absolute Gasteiger partial charge is 0.483 e. The average Bonchev–Trinajstić information content (AvgIpc) is 3.51. The first-order valence-corrected chi connectivity index (χ1v) is 14.6. The van der Waals surface area contributed by atoms with Crippen molar-refractivity contribution in [3.63, 3.8) is 0 Å². The molecular weight excluding hydrogens is 492 g/mol. The fourth-order valence-corrected chi connectivity index (χ4v) is 6.23. The fourth-order valence-electron chi connectivity index (χ4n) is 4.42. The zero-order valence-electron chi connectivity index (χ0n) is 21.7. The molecule has 10 heteroatoms. The fraction of sp³-hybridized carbons (Fsp3) is 0.577. The van der Waals surface area contributed by atoms with E-state index < -0.39 is 0 Å². The van der Waals surface area contributed by atoms with Crippen LogP contribution in [-0.2, 0) is 4.79 Å². The number of benzene rings is 1. The minimum Gasteiger partial charge on any atom is -0.483 e. The van der Waals surface area contributed by atoms with Crippen molar-refractivity contribution in [2.45, 2.75) is 95.9 Å². The highest BCUT2D eigenvalue weighted by molar-refractivity contribution is 7.99. The summed E-state index contributed by atoms with van der Waals surface area (Å²) in [4.78, 5) is 12.6. The van der Waals surface area contributed by atoms with Crippen LogP contribution in [0.15, 0.2) is 29.4 Å². The van der Waals surface area contributed by atoms with Crippen LogP contribution >= 0.6 is 23.1 Å². The molecule has 1 amide bonds. The Hall–Kier alpha value is -2.46. The number of hydrogen-bond donors (Lipinski definition) is 1. The molecule has 1 aliphatic rings. The van der Waals surface area contributed by atoms with Gasteiger partial charge in [0.1, 0.15) is 10.8 Å². The summed E-state index contributed by atoms with van der Waals surface area (Å²) in [5.74, 6) is 2.58. The van der Waals surface area contributed by atoms with Gasteiger partial charge in [0.15, 0.2) is 17.1 Å². The molecule has 1 aromatic carbocycles. The minimum absolute atomic E-state index is 0.121. The minimum atomic E-state index is -0.285. The van der Waals surface area contributed by atoms with E-state index in [4.69, 9.17) is 4.74 Å². The van der Waals surface area contributed by atoms with Crippen molar-refractivity contribution in [2.75, 3.05) is 11.1 Å². The Morgan fingerprint density at radius 1 is 1.06 bits per heavy atom. The maximum absolute atomic E-state index is 12.6. The van der Waals surface area contributed by atoms with E-state index in [1.165, 1.54) is 47.9 Å². The summed E-state index contributed by atoms with van der Waals surface area (Å²) in [6.07, 6.45) is 5.83. The Kier molecular flexibility index (Phi) is 9.00. The summed E-state index contributed by atoms with van der Waals surface area (Å²) in [5, 5.41) is 22.5. The van der Waals surface area contributed by atoms with Crippen molar-refractivity contribution in [1.82, 2.24) is 25.0 Å². The third-order valence-electron chi connectivity index (χ3n) is 6.40. The average molecular weight is 529 g/mol. The number of hydrogen-bond acceptors (Lipinski definition) is 8. The van der Waals surface area contributed by atoms with Gasteiger partial charge < -0.3 is 9.30 Å². The van der Waals surface area contributed by atoms with Crippen molar-refractivity contribution in [3.8, 4) is 5.75 Å². The molecule has 1 N–H and O–H groups in total. The molecule has 0 radical (unpaired) electrons. The van der Waals surface area contributed by atoms with Crippen molar-refractivity contribution in [1.29, 1.82) is 0 Å². The summed E-state index contributed by atoms with van der Waals surface area (Å²) in [5.41, 5.74) is 1.27. The molecule has 1 aliphatic carbocycles. The normalized spacial score (nSPS) is 15.4. The van der Waals surface area contributed by atoms with Crippen molar-refractivity contribution < 1.29 is 9.53 Å². The number of carbonyl (C=O) groups excluding carboxylic acids is 1. The van der Waals surface area contributed by atoms with E-state index in [1.54, 1.807) is 0 Å². The lowest BCUT2D eigenvalue weighted by atomic mass is 9.90. The van der Waals surface area contributed by atoms with Crippen LogP contribution in [0.4, 0.5) is 5.13 Å². The highest BCUT2D eigenvalue weighted by atomic mass is 32.2. The monoisotopic (exact) mass is 528 g/mol. The maximum Gasteiger partial charge on any atom is 0.236 e. The molecular formula is C26H36N6O2S2. The Balaban J connectivity index is 1.35.